The number of rotatable bonds is 9. The van der Waals surface area contributed by atoms with Crippen molar-refractivity contribution < 1.29 is 0 Å². The minimum absolute atomic E-state index is 0.720. The van der Waals surface area contributed by atoms with Crippen molar-refractivity contribution >= 4 is 0 Å². The van der Waals surface area contributed by atoms with Gasteiger partial charge >= 0.3 is 0 Å². The summed E-state index contributed by atoms with van der Waals surface area (Å²) in [6.45, 7) is 9.11. The standard InChI is InChI=1S/C16H28N2/c1-4-11-17-13-15(2)14-18(3)12-10-16-8-6-5-7-9-16/h5-9,15,17H,4,10-14H2,1-3H3. The molecule has 102 valence electrons. The maximum atomic E-state index is 3.49. The molecule has 0 aliphatic heterocycles. The van der Waals surface area contributed by atoms with Gasteiger partial charge in [-0.25, -0.2) is 0 Å². The third-order valence-corrected chi connectivity index (χ3v) is 3.17. The first-order chi connectivity index (χ1) is 8.72. The molecule has 1 N–H and O–H groups in total. The lowest BCUT2D eigenvalue weighted by Gasteiger charge is -2.21. The van der Waals surface area contributed by atoms with Crippen LogP contribution in [0.3, 0.4) is 0 Å². The highest BCUT2D eigenvalue weighted by atomic mass is 15.1. The average molecular weight is 248 g/mol. The van der Waals surface area contributed by atoms with E-state index < -0.39 is 0 Å². The molecular formula is C16H28N2. The zero-order valence-electron chi connectivity index (χ0n) is 12.2. The van der Waals surface area contributed by atoms with Crippen LogP contribution in [0, 0.1) is 5.92 Å². The fraction of sp³-hybridized carbons (Fsp3) is 0.625. The highest BCUT2D eigenvalue weighted by molar-refractivity contribution is 5.14. The lowest BCUT2D eigenvalue weighted by Crippen LogP contribution is -2.32. The van der Waals surface area contributed by atoms with Gasteiger partial charge in [0.1, 0.15) is 0 Å². The molecule has 0 saturated heterocycles. The third kappa shape index (κ3) is 6.77. The molecule has 1 aromatic carbocycles. The minimum atomic E-state index is 0.720. The van der Waals surface area contributed by atoms with Crippen molar-refractivity contribution in [1.82, 2.24) is 10.2 Å². The van der Waals surface area contributed by atoms with E-state index in [1.807, 2.05) is 0 Å². The predicted molar refractivity (Wildman–Crippen MR) is 80.0 cm³/mol. The van der Waals surface area contributed by atoms with E-state index in [4.69, 9.17) is 0 Å². The minimum Gasteiger partial charge on any atom is -0.316 e. The van der Waals surface area contributed by atoms with Gasteiger partial charge in [-0.15, -0.1) is 0 Å². The topological polar surface area (TPSA) is 15.3 Å². The molecule has 0 radical (unpaired) electrons. The smallest absolute Gasteiger partial charge is 0.00189 e. The van der Waals surface area contributed by atoms with E-state index >= 15 is 0 Å². The Morgan fingerprint density at radius 3 is 2.61 bits per heavy atom. The molecule has 1 unspecified atom stereocenters. The van der Waals surface area contributed by atoms with Crippen LogP contribution in [-0.4, -0.2) is 38.1 Å². The molecule has 0 bridgehead atoms. The third-order valence-electron chi connectivity index (χ3n) is 3.17. The molecule has 2 heteroatoms. The van der Waals surface area contributed by atoms with Gasteiger partial charge in [0.25, 0.3) is 0 Å². The van der Waals surface area contributed by atoms with Crippen molar-refractivity contribution in [2.45, 2.75) is 26.7 Å². The summed E-state index contributed by atoms with van der Waals surface area (Å²) in [6, 6.07) is 10.7. The fourth-order valence-corrected chi connectivity index (χ4v) is 2.18. The van der Waals surface area contributed by atoms with Gasteiger partial charge in [0, 0.05) is 13.1 Å². The molecule has 0 aliphatic carbocycles. The molecule has 2 nitrogen and oxygen atoms in total. The largest absolute Gasteiger partial charge is 0.316 e. The van der Waals surface area contributed by atoms with Crippen molar-refractivity contribution in [3.05, 3.63) is 35.9 Å². The van der Waals surface area contributed by atoms with E-state index in [9.17, 15) is 0 Å². The van der Waals surface area contributed by atoms with Gasteiger partial charge in [0.2, 0.25) is 0 Å². The number of benzene rings is 1. The van der Waals surface area contributed by atoms with Gasteiger partial charge in [0.15, 0.2) is 0 Å². The van der Waals surface area contributed by atoms with Crippen LogP contribution in [0.5, 0.6) is 0 Å². The molecule has 0 fully saturated rings. The van der Waals surface area contributed by atoms with Crippen LogP contribution in [0.2, 0.25) is 0 Å². The van der Waals surface area contributed by atoms with Crippen LogP contribution in [-0.2, 0) is 6.42 Å². The predicted octanol–water partition coefficient (Wildman–Crippen LogP) is 2.80. The van der Waals surface area contributed by atoms with Crippen molar-refractivity contribution in [2.75, 3.05) is 33.2 Å². The molecular weight excluding hydrogens is 220 g/mol. The summed E-state index contributed by atoms with van der Waals surface area (Å²) < 4.78 is 0. The van der Waals surface area contributed by atoms with Crippen LogP contribution < -0.4 is 5.32 Å². The molecule has 18 heavy (non-hydrogen) atoms. The summed E-state index contributed by atoms with van der Waals surface area (Å²) in [5, 5.41) is 3.49. The Morgan fingerprint density at radius 1 is 1.22 bits per heavy atom. The van der Waals surface area contributed by atoms with Crippen LogP contribution in [0.4, 0.5) is 0 Å². The second-order valence-electron chi connectivity index (χ2n) is 5.31. The zero-order chi connectivity index (χ0) is 13.2. The summed E-state index contributed by atoms with van der Waals surface area (Å²) in [7, 11) is 2.22. The second kappa shape index (κ2) is 9.12. The van der Waals surface area contributed by atoms with E-state index in [0.29, 0.717) is 0 Å². The summed E-state index contributed by atoms with van der Waals surface area (Å²) in [6.07, 6.45) is 2.36. The average Bonchev–Trinajstić information content (AvgIpc) is 2.38. The van der Waals surface area contributed by atoms with E-state index in [-0.39, 0.29) is 0 Å². The quantitative estimate of drug-likeness (QED) is 0.676. The van der Waals surface area contributed by atoms with Gasteiger partial charge in [-0.05, 0) is 44.5 Å². The van der Waals surface area contributed by atoms with Crippen molar-refractivity contribution in [3.8, 4) is 0 Å². The number of likely N-dealkylation sites (N-methyl/N-ethyl adjacent to an activating group) is 1. The van der Waals surface area contributed by atoms with E-state index in [2.05, 4.69) is 61.4 Å². The highest BCUT2D eigenvalue weighted by Gasteiger charge is 2.05. The Kier molecular flexibility index (Phi) is 7.70. The van der Waals surface area contributed by atoms with Gasteiger partial charge in [0.05, 0.1) is 0 Å². The second-order valence-corrected chi connectivity index (χ2v) is 5.31. The van der Waals surface area contributed by atoms with Gasteiger partial charge in [-0.1, -0.05) is 44.2 Å². The van der Waals surface area contributed by atoms with E-state index in [1.165, 1.54) is 18.5 Å². The Labute approximate surface area is 112 Å². The van der Waals surface area contributed by atoms with Crippen LogP contribution in [0.1, 0.15) is 25.8 Å². The molecule has 0 amide bonds. The highest BCUT2D eigenvalue weighted by Crippen LogP contribution is 2.02. The Balaban J connectivity index is 2.15. The number of nitrogens with zero attached hydrogens (tertiary/aromatic N) is 1. The van der Waals surface area contributed by atoms with Gasteiger partial charge < -0.3 is 10.2 Å². The van der Waals surface area contributed by atoms with Gasteiger partial charge in [-0.2, -0.15) is 0 Å². The molecule has 0 aromatic heterocycles. The monoisotopic (exact) mass is 248 g/mol. The van der Waals surface area contributed by atoms with E-state index in [1.54, 1.807) is 0 Å². The Bertz CT molecular complexity index is 297. The van der Waals surface area contributed by atoms with Crippen LogP contribution >= 0.6 is 0 Å². The molecule has 1 rings (SSSR count). The Hall–Kier alpha value is -0.860. The van der Waals surface area contributed by atoms with E-state index in [0.717, 1.165) is 32.0 Å². The first kappa shape index (κ1) is 15.2. The molecule has 0 heterocycles. The Morgan fingerprint density at radius 2 is 1.94 bits per heavy atom. The SMILES string of the molecule is CCCNCC(C)CN(C)CCc1ccccc1. The first-order valence-corrected chi connectivity index (χ1v) is 7.15. The molecule has 0 spiro atoms. The summed E-state index contributed by atoms with van der Waals surface area (Å²) in [4.78, 5) is 2.44. The lowest BCUT2D eigenvalue weighted by atomic mass is 10.1. The molecule has 1 atom stereocenters. The zero-order valence-corrected chi connectivity index (χ0v) is 12.2. The number of nitrogens with one attached hydrogen (secondary N) is 1. The van der Waals surface area contributed by atoms with Crippen molar-refractivity contribution in [3.63, 3.8) is 0 Å². The maximum absolute atomic E-state index is 3.49. The normalized spacial score (nSPS) is 12.9. The first-order valence-electron chi connectivity index (χ1n) is 7.15. The van der Waals surface area contributed by atoms with Gasteiger partial charge in [-0.3, -0.25) is 0 Å². The maximum Gasteiger partial charge on any atom is 0.00189 e. The molecule has 0 saturated carbocycles. The summed E-state index contributed by atoms with van der Waals surface area (Å²) in [5.41, 5.74) is 1.43. The van der Waals surface area contributed by atoms with Crippen LogP contribution in [0.25, 0.3) is 0 Å². The summed E-state index contributed by atoms with van der Waals surface area (Å²) in [5.74, 6) is 0.720. The molecule has 1 aromatic rings. The van der Waals surface area contributed by atoms with Crippen molar-refractivity contribution in [2.24, 2.45) is 5.92 Å². The van der Waals surface area contributed by atoms with Crippen LogP contribution in [0.15, 0.2) is 30.3 Å². The van der Waals surface area contributed by atoms with Crippen molar-refractivity contribution in [1.29, 1.82) is 0 Å². The number of hydrogen-bond donors (Lipinski definition) is 1. The lowest BCUT2D eigenvalue weighted by molar-refractivity contribution is 0.284. The number of hydrogen-bond acceptors (Lipinski definition) is 2. The summed E-state index contributed by atoms with van der Waals surface area (Å²) >= 11 is 0. The fourth-order valence-electron chi connectivity index (χ4n) is 2.18. The molecule has 0 aliphatic rings.